The first-order valence-electron chi connectivity index (χ1n) is 14.6. The second-order valence-electron chi connectivity index (χ2n) is 12.4. The molecule has 2 saturated carbocycles. The molecule has 0 unspecified atom stereocenters. The summed E-state index contributed by atoms with van der Waals surface area (Å²) in [7, 11) is 0. The third kappa shape index (κ3) is 3.12. The van der Waals surface area contributed by atoms with Gasteiger partial charge >= 0.3 is 0 Å². The van der Waals surface area contributed by atoms with E-state index < -0.39 is 0 Å². The Morgan fingerprint density at radius 1 is 0.476 bits per heavy atom. The molecule has 9 rings (SSSR count). The van der Waals surface area contributed by atoms with Crippen LogP contribution in [-0.2, 0) is 19.2 Å². The van der Waals surface area contributed by atoms with Gasteiger partial charge in [0.05, 0.1) is 35.0 Å². The molecule has 206 valence electrons. The summed E-state index contributed by atoms with van der Waals surface area (Å²) in [6.07, 6.45) is 13.7. The van der Waals surface area contributed by atoms with Crippen LogP contribution in [-0.4, -0.2) is 33.6 Å². The summed E-state index contributed by atoms with van der Waals surface area (Å²) in [4.78, 5) is 64.3. The van der Waals surface area contributed by atoms with E-state index in [9.17, 15) is 19.2 Å². The van der Waals surface area contributed by atoms with Crippen molar-refractivity contribution >= 4 is 35.0 Å². The molecule has 3 heterocycles. The summed E-state index contributed by atoms with van der Waals surface area (Å²) in [6, 6.07) is 14.6. The number of imide groups is 2. The molecule has 42 heavy (non-hydrogen) atoms. The third-order valence-corrected chi connectivity index (χ3v) is 10.4. The number of aromatic nitrogens is 2. The highest BCUT2D eigenvalue weighted by molar-refractivity contribution is 6.23. The molecule has 8 nitrogen and oxygen atoms in total. The van der Waals surface area contributed by atoms with Gasteiger partial charge in [-0.05, 0) is 78.5 Å². The van der Waals surface area contributed by atoms with Gasteiger partial charge in [0.15, 0.2) is 5.82 Å². The fraction of sp³-hybridized carbons (Fsp3) is 0.294. The summed E-state index contributed by atoms with van der Waals surface area (Å²) in [5.41, 5.74) is 3.65. The maximum atomic E-state index is 13.1. The van der Waals surface area contributed by atoms with Gasteiger partial charge in [-0.15, -0.1) is 0 Å². The maximum absolute atomic E-state index is 13.1. The minimum atomic E-state index is -0.222. The van der Waals surface area contributed by atoms with E-state index in [4.69, 9.17) is 0 Å². The second kappa shape index (κ2) is 8.41. The smallest absolute Gasteiger partial charge is 0.238 e. The Kier molecular flexibility index (Phi) is 4.79. The Morgan fingerprint density at radius 3 is 1.21 bits per heavy atom. The van der Waals surface area contributed by atoms with Gasteiger partial charge in [-0.1, -0.05) is 36.4 Å². The summed E-state index contributed by atoms with van der Waals surface area (Å²) >= 11 is 0. The lowest BCUT2D eigenvalue weighted by Gasteiger charge is -2.18. The van der Waals surface area contributed by atoms with Crippen molar-refractivity contribution in [1.29, 1.82) is 0 Å². The van der Waals surface area contributed by atoms with E-state index in [1.807, 2.05) is 36.4 Å². The van der Waals surface area contributed by atoms with Gasteiger partial charge in [0.2, 0.25) is 23.6 Å². The molecule has 6 aliphatic rings. The standard InChI is InChI=1S/C34H26N4O4/c39-31-26-19-1-2-20(13-19)27(26)32(40)37(31)24-9-5-17(6-10-24)23-15-35-30(36-16-23)18-7-11-25(12-8-18)38-33(41)28-21-3-4-22(14-21)29(28)34(38)42/h1-12,15-16,19-22,26-29H,13-14H2/t19-,20-,21-,22-,26-,27+,28-,29+/m0/s1. The number of carbonyl (C=O) groups is 4. The zero-order chi connectivity index (χ0) is 28.3. The van der Waals surface area contributed by atoms with Crippen LogP contribution in [0, 0.1) is 47.3 Å². The third-order valence-electron chi connectivity index (χ3n) is 10.4. The monoisotopic (exact) mass is 554 g/mol. The molecule has 0 radical (unpaired) electrons. The number of allylic oxidation sites excluding steroid dienone is 4. The Bertz CT molecular complexity index is 1570. The topological polar surface area (TPSA) is 101 Å². The molecule has 0 spiro atoms. The Hall–Kier alpha value is -4.72. The summed E-state index contributed by atoms with van der Waals surface area (Å²) < 4.78 is 0. The molecule has 4 bridgehead atoms. The predicted molar refractivity (Wildman–Crippen MR) is 153 cm³/mol. The molecule has 2 aliphatic heterocycles. The van der Waals surface area contributed by atoms with E-state index in [0.29, 0.717) is 17.2 Å². The fourth-order valence-corrected chi connectivity index (χ4v) is 8.50. The number of amides is 4. The van der Waals surface area contributed by atoms with Gasteiger partial charge in [0.1, 0.15) is 0 Å². The molecular weight excluding hydrogens is 528 g/mol. The van der Waals surface area contributed by atoms with Crippen LogP contribution < -0.4 is 9.80 Å². The number of benzene rings is 2. The maximum Gasteiger partial charge on any atom is 0.238 e. The van der Waals surface area contributed by atoms with Crippen molar-refractivity contribution in [1.82, 2.24) is 9.97 Å². The van der Waals surface area contributed by atoms with Crippen LogP contribution in [0.2, 0.25) is 0 Å². The Labute approximate surface area is 241 Å². The molecule has 8 atom stereocenters. The number of hydrogen-bond acceptors (Lipinski definition) is 6. The largest absolute Gasteiger partial charge is 0.274 e. The van der Waals surface area contributed by atoms with Crippen LogP contribution in [0.25, 0.3) is 22.5 Å². The summed E-state index contributed by atoms with van der Waals surface area (Å²) in [5, 5.41) is 0. The lowest BCUT2D eigenvalue weighted by atomic mass is 9.85. The second-order valence-corrected chi connectivity index (χ2v) is 12.4. The summed E-state index contributed by atoms with van der Waals surface area (Å²) in [6.45, 7) is 0. The van der Waals surface area contributed by atoms with Crippen LogP contribution in [0.5, 0.6) is 0 Å². The normalized spacial score (nSPS) is 33.4. The molecular formula is C34H26N4O4. The van der Waals surface area contributed by atoms with E-state index in [2.05, 4.69) is 34.3 Å². The first kappa shape index (κ1) is 23.9. The zero-order valence-corrected chi connectivity index (χ0v) is 22.5. The SMILES string of the molecule is O=C1[C@@H]2[C@H](C(=O)N1c1ccc(-c3cnc(-c4ccc(N5C(=O)[C@@H]6[C@H](C5=O)[C@H]5C=C[C@H]6C5)cc4)nc3)cc1)[C@H]1C=C[C@H]2C1. The van der Waals surface area contributed by atoms with E-state index in [1.165, 1.54) is 9.80 Å². The van der Waals surface area contributed by atoms with Gasteiger partial charge in [0.25, 0.3) is 0 Å². The van der Waals surface area contributed by atoms with Crippen LogP contribution in [0.4, 0.5) is 11.4 Å². The molecule has 4 aliphatic carbocycles. The number of rotatable bonds is 4. The van der Waals surface area contributed by atoms with Crippen molar-refractivity contribution in [3.8, 4) is 22.5 Å². The highest BCUT2D eigenvalue weighted by Gasteiger charge is 2.60. The first-order valence-corrected chi connectivity index (χ1v) is 14.6. The average molecular weight is 555 g/mol. The number of fused-ring (bicyclic) bond motifs is 10. The molecule has 2 saturated heterocycles. The first-order chi connectivity index (χ1) is 20.5. The molecule has 3 aromatic rings. The van der Waals surface area contributed by atoms with Crippen molar-refractivity contribution in [3.63, 3.8) is 0 Å². The summed E-state index contributed by atoms with van der Waals surface area (Å²) in [5.74, 6) is 0.0362. The van der Waals surface area contributed by atoms with Gasteiger partial charge in [-0.25, -0.2) is 9.97 Å². The number of carbonyl (C=O) groups excluding carboxylic acids is 4. The van der Waals surface area contributed by atoms with Crippen molar-refractivity contribution in [2.45, 2.75) is 12.8 Å². The number of anilines is 2. The van der Waals surface area contributed by atoms with Crippen LogP contribution in [0.3, 0.4) is 0 Å². The molecule has 0 N–H and O–H groups in total. The van der Waals surface area contributed by atoms with E-state index in [-0.39, 0.29) is 71.0 Å². The Balaban J connectivity index is 0.912. The van der Waals surface area contributed by atoms with Crippen molar-refractivity contribution in [2.75, 3.05) is 9.80 Å². The molecule has 4 fully saturated rings. The Morgan fingerprint density at radius 2 is 0.833 bits per heavy atom. The predicted octanol–water partition coefficient (Wildman–Crippen LogP) is 4.43. The van der Waals surface area contributed by atoms with Crippen molar-refractivity contribution in [2.24, 2.45) is 47.3 Å². The van der Waals surface area contributed by atoms with E-state index in [1.54, 1.807) is 24.5 Å². The lowest BCUT2D eigenvalue weighted by Crippen LogP contribution is -2.32. The minimum absolute atomic E-state index is 0.0845. The van der Waals surface area contributed by atoms with Crippen molar-refractivity contribution < 1.29 is 19.2 Å². The number of nitrogens with zero attached hydrogens (tertiary/aromatic N) is 4. The van der Waals surface area contributed by atoms with Gasteiger partial charge < -0.3 is 0 Å². The van der Waals surface area contributed by atoms with Crippen LogP contribution >= 0.6 is 0 Å². The number of hydrogen-bond donors (Lipinski definition) is 0. The van der Waals surface area contributed by atoms with Gasteiger partial charge in [0, 0.05) is 23.5 Å². The van der Waals surface area contributed by atoms with E-state index >= 15 is 0 Å². The quantitative estimate of drug-likeness (QED) is 0.349. The average Bonchev–Trinajstić information content (AvgIpc) is 3.87. The molecule has 2 aromatic carbocycles. The van der Waals surface area contributed by atoms with E-state index in [0.717, 1.165) is 29.5 Å². The van der Waals surface area contributed by atoms with Gasteiger partial charge in [-0.2, -0.15) is 0 Å². The van der Waals surface area contributed by atoms with Crippen LogP contribution in [0.1, 0.15) is 12.8 Å². The fourth-order valence-electron chi connectivity index (χ4n) is 8.50. The molecule has 4 amide bonds. The lowest BCUT2D eigenvalue weighted by molar-refractivity contribution is -0.124. The van der Waals surface area contributed by atoms with Crippen LogP contribution in [0.15, 0.2) is 85.2 Å². The zero-order valence-electron chi connectivity index (χ0n) is 22.5. The van der Waals surface area contributed by atoms with Gasteiger partial charge in [-0.3, -0.25) is 29.0 Å². The molecule has 8 heteroatoms. The van der Waals surface area contributed by atoms with Crippen molar-refractivity contribution in [3.05, 3.63) is 85.2 Å². The minimum Gasteiger partial charge on any atom is -0.274 e. The molecule has 1 aromatic heterocycles. The highest BCUT2D eigenvalue weighted by atomic mass is 16.2. The highest BCUT2D eigenvalue weighted by Crippen LogP contribution is 2.54.